The van der Waals surface area contributed by atoms with Gasteiger partial charge in [0.1, 0.15) is 0 Å². The first-order valence-corrected chi connectivity index (χ1v) is 6.17. The van der Waals surface area contributed by atoms with Crippen molar-refractivity contribution in [3.05, 3.63) is 5.89 Å². The van der Waals surface area contributed by atoms with Gasteiger partial charge >= 0.3 is 0 Å². The monoisotopic (exact) mass is 222 g/mol. The zero-order valence-electron chi connectivity index (χ0n) is 9.43. The lowest BCUT2D eigenvalue weighted by atomic mass is 10.1. The number of rotatable bonds is 2. The third-order valence-electron chi connectivity index (χ3n) is 3.64. The van der Waals surface area contributed by atoms with Crippen molar-refractivity contribution in [2.75, 3.05) is 18.0 Å². The van der Waals surface area contributed by atoms with E-state index in [0.29, 0.717) is 12.0 Å². The zero-order chi connectivity index (χ0) is 11.0. The van der Waals surface area contributed by atoms with Gasteiger partial charge in [0.25, 0.3) is 5.95 Å². The minimum atomic E-state index is 0.312. The Kier molecular flexibility index (Phi) is 2.55. The minimum Gasteiger partial charge on any atom is -0.338 e. The number of aromatic nitrogens is 2. The van der Waals surface area contributed by atoms with E-state index in [1.54, 1.807) is 0 Å². The lowest BCUT2D eigenvalue weighted by Crippen LogP contribution is -2.19. The molecule has 1 aromatic heterocycles. The van der Waals surface area contributed by atoms with E-state index in [4.69, 9.17) is 10.3 Å². The lowest BCUT2D eigenvalue weighted by Gasteiger charge is -2.10. The van der Waals surface area contributed by atoms with Crippen molar-refractivity contribution in [3.63, 3.8) is 0 Å². The number of anilines is 1. The van der Waals surface area contributed by atoms with Crippen molar-refractivity contribution in [3.8, 4) is 0 Å². The average molecular weight is 222 g/mol. The molecule has 88 valence electrons. The van der Waals surface area contributed by atoms with Crippen LogP contribution in [0.2, 0.25) is 0 Å². The standard InChI is InChI=1S/C11H18N4O/c12-9-4-3-8(7-9)10-13-11(14-16-10)15-5-1-2-6-15/h8-9H,1-7,12H2/t8-,9+/m1/s1. The van der Waals surface area contributed by atoms with E-state index in [0.717, 1.165) is 44.2 Å². The van der Waals surface area contributed by atoms with Crippen LogP contribution in [0.5, 0.6) is 0 Å². The first-order chi connectivity index (χ1) is 7.83. The van der Waals surface area contributed by atoms with Crippen molar-refractivity contribution < 1.29 is 4.52 Å². The quantitative estimate of drug-likeness (QED) is 0.816. The van der Waals surface area contributed by atoms with Crippen LogP contribution < -0.4 is 10.6 Å². The Labute approximate surface area is 95.0 Å². The highest BCUT2D eigenvalue weighted by Crippen LogP contribution is 2.33. The van der Waals surface area contributed by atoms with Gasteiger partial charge in [0.05, 0.1) is 0 Å². The molecule has 5 heteroatoms. The zero-order valence-corrected chi connectivity index (χ0v) is 9.43. The van der Waals surface area contributed by atoms with E-state index in [2.05, 4.69) is 15.0 Å². The van der Waals surface area contributed by atoms with E-state index < -0.39 is 0 Å². The Morgan fingerprint density at radius 1 is 1.25 bits per heavy atom. The Hall–Kier alpha value is -1.10. The Morgan fingerprint density at radius 2 is 2.06 bits per heavy atom. The van der Waals surface area contributed by atoms with Gasteiger partial charge in [-0.15, -0.1) is 0 Å². The summed E-state index contributed by atoms with van der Waals surface area (Å²) in [7, 11) is 0. The molecule has 0 amide bonds. The SMILES string of the molecule is N[C@H]1CC[C@@H](c2nc(N3CCCC3)no2)C1. The highest BCUT2D eigenvalue weighted by atomic mass is 16.5. The predicted octanol–water partition coefficient (Wildman–Crippen LogP) is 1.26. The third kappa shape index (κ3) is 1.80. The summed E-state index contributed by atoms with van der Waals surface area (Å²) in [6.07, 6.45) is 5.62. The molecule has 2 aliphatic rings. The van der Waals surface area contributed by atoms with Crippen LogP contribution in [0.15, 0.2) is 4.52 Å². The maximum Gasteiger partial charge on any atom is 0.266 e. The molecule has 16 heavy (non-hydrogen) atoms. The summed E-state index contributed by atoms with van der Waals surface area (Å²) in [6, 6.07) is 0.312. The molecule has 2 fully saturated rings. The molecule has 0 aromatic carbocycles. The molecule has 1 aliphatic heterocycles. The number of hydrogen-bond acceptors (Lipinski definition) is 5. The first kappa shape index (κ1) is 10.1. The van der Waals surface area contributed by atoms with Gasteiger partial charge < -0.3 is 15.2 Å². The van der Waals surface area contributed by atoms with Crippen LogP contribution >= 0.6 is 0 Å². The van der Waals surface area contributed by atoms with E-state index in [-0.39, 0.29) is 0 Å². The number of nitrogens with zero attached hydrogens (tertiary/aromatic N) is 3. The first-order valence-electron chi connectivity index (χ1n) is 6.17. The minimum absolute atomic E-state index is 0.312. The average Bonchev–Trinajstić information content (AvgIpc) is 2.97. The largest absolute Gasteiger partial charge is 0.338 e. The van der Waals surface area contributed by atoms with Gasteiger partial charge in [0.15, 0.2) is 0 Å². The summed E-state index contributed by atoms with van der Waals surface area (Å²) in [4.78, 5) is 6.70. The van der Waals surface area contributed by atoms with Crippen LogP contribution in [0.1, 0.15) is 43.9 Å². The lowest BCUT2D eigenvalue weighted by molar-refractivity contribution is 0.352. The van der Waals surface area contributed by atoms with E-state index in [9.17, 15) is 0 Å². The summed E-state index contributed by atoms with van der Waals surface area (Å²) < 4.78 is 5.35. The summed E-state index contributed by atoms with van der Waals surface area (Å²) in [5.74, 6) is 1.95. The molecule has 2 atom stereocenters. The Bertz CT molecular complexity index is 359. The molecule has 2 heterocycles. The summed E-state index contributed by atoms with van der Waals surface area (Å²) in [6.45, 7) is 2.12. The van der Waals surface area contributed by atoms with Crippen LogP contribution in [0.4, 0.5) is 5.95 Å². The van der Waals surface area contributed by atoms with Crippen molar-refractivity contribution in [1.82, 2.24) is 10.1 Å². The molecule has 0 bridgehead atoms. The fourth-order valence-corrected chi connectivity index (χ4v) is 2.68. The maximum absolute atomic E-state index is 5.89. The second-order valence-corrected chi connectivity index (χ2v) is 4.90. The Balaban J connectivity index is 1.72. The van der Waals surface area contributed by atoms with Crippen LogP contribution in [0.3, 0.4) is 0 Å². The molecular formula is C11H18N4O. The van der Waals surface area contributed by atoms with Crippen molar-refractivity contribution in [2.24, 2.45) is 5.73 Å². The fourth-order valence-electron chi connectivity index (χ4n) is 2.68. The molecule has 1 saturated carbocycles. The van der Waals surface area contributed by atoms with Crippen molar-refractivity contribution in [2.45, 2.75) is 44.1 Å². The van der Waals surface area contributed by atoms with Crippen molar-refractivity contribution >= 4 is 5.95 Å². The molecule has 2 N–H and O–H groups in total. The second kappa shape index (κ2) is 4.05. The molecule has 1 saturated heterocycles. The van der Waals surface area contributed by atoms with Crippen LogP contribution in [-0.4, -0.2) is 29.3 Å². The summed E-state index contributed by atoms with van der Waals surface area (Å²) >= 11 is 0. The summed E-state index contributed by atoms with van der Waals surface area (Å²) in [5.41, 5.74) is 5.89. The summed E-state index contributed by atoms with van der Waals surface area (Å²) in [5, 5.41) is 4.07. The van der Waals surface area contributed by atoms with E-state index >= 15 is 0 Å². The molecule has 0 spiro atoms. The predicted molar refractivity (Wildman–Crippen MR) is 60.3 cm³/mol. The fraction of sp³-hybridized carbons (Fsp3) is 0.818. The van der Waals surface area contributed by atoms with Crippen LogP contribution in [-0.2, 0) is 0 Å². The van der Waals surface area contributed by atoms with Gasteiger partial charge in [0, 0.05) is 25.0 Å². The van der Waals surface area contributed by atoms with Gasteiger partial charge in [-0.2, -0.15) is 4.98 Å². The topological polar surface area (TPSA) is 68.2 Å². The highest BCUT2D eigenvalue weighted by Gasteiger charge is 2.28. The van der Waals surface area contributed by atoms with Crippen LogP contribution in [0, 0.1) is 0 Å². The number of nitrogens with two attached hydrogens (primary N) is 1. The molecule has 0 radical (unpaired) electrons. The van der Waals surface area contributed by atoms with Gasteiger partial charge in [-0.1, -0.05) is 0 Å². The van der Waals surface area contributed by atoms with E-state index in [1.807, 2.05) is 0 Å². The number of hydrogen-bond donors (Lipinski definition) is 1. The van der Waals surface area contributed by atoms with Gasteiger partial charge in [-0.05, 0) is 37.3 Å². The molecule has 1 aliphatic carbocycles. The Morgan fingerprint density at radius 3 is 2.75 bits per heavy atom. The molecule has 5 nitrogen and oxygen atoms in total. The van der Waals surface area contributed by atoms with Crippen molar-refractivity contribution in [1.29, 1.82) is 0 Å². The van der Waals surface area contributed by atoms with Gasteiger partial charge in [-0.25, -0.2) is 0 Å². The van der Waals surface area contributed by atoms with Crippen LogP contribution in [0.25, 0.3) is 0 Å². The molecular weight excluding hydrogens is 204 g/mol. The smallest absolute Gasteiger partial charge is 0.266 e. The second-order valence-electron chi connectivity index (χ2n) is 4.90. The molecule has 0 unspecified atom stereocenters. The highest BCUT2D eigenvalue weighted by molar-refractivity contribution is 5.29. The van der Waals surface area contributed by atoms with Gasteiger partial charge in [0.2, 0.25) is 5.89 Å². The third-order valence-corrected chi connectivity index (χ3v) is 3.64. The maximum atomic E-state index is 5.89. The van der Waals surface area contributed by atoms with Gasteiger partial charge in [-0.3, -0.25) is 0 Å². The van der Waals surface area contributed by atoms with E-state index in [1.165, 1.54) is 12.8 Å². The molecule has 3 rings (SSSR count). The normalized spacial score (nSPS) is 30.2. The molecule has 1 aromatic rings.